The Bertz CT molecular complexity index is 147. The molecule has 0 aromatic rings. The first-order valence-corrected chi connectivity index (χ1v) is 4.04. The van der Waals surface area contributed by atoms with Crippen molar-refractivity contribution in [1.29, 1.82) is 0 Å². The van der Waals surface area contributed by atoms with Gasteiger partial charge in [0.15, 0.2) is 0 Å². The first kappa shape index (κ1) is 7.77. The average Bonchev–Trinajstić information content (AvgIpc) is 1.79. The predicted octanol–water partition coefficient (Wildman–Crippen LogP) is 2.40. The van der Waals surface area contributed by atoms with Gasteiger partial charge in [-0.1, -0.05) is 20.8 Å². The molecule has 0 aromatic carbocycles. The van der Waals surface area contributed by atoms with Gasteiger partial charge < -0.3 is 0 Å². The van der Waals surface area contributed by atoms with Gasteiger partial charge >= 0.3 is 0 Å². The van der Waals surface area contributed by atoms with E-state index in [9.17, 15) is 4.79 Å². The molecule has 1 rings (SSSR count). The molecule has 0 bridgehead atoms. The van der Waals surface area contributed by atoms with Gasteiger partial charge in [0.1, 0.15) is 5.78 Å². The van der Waals surface area contributed by atoms with Gasteiger partial charge in [-0.05, 0) is 18.3 Å². The first-order valence-electron chi connectivity index (χ1n) is 4.04. The van der Waals surface area contributed by atoms with Crippen LogP contribution in [0, 0.1) is 11.3 Å². The molecule has 1 heteroatoms. The number of rotatable bonds is 0. The highest BCUT2D eigenvalue weighted by atomic mass is 16.1. The number of carbonyl (C=O) groups is 1. The molecule has 1 fully saturated rings. The van der Waals surface area contributed by atoms with Crippen molar-refractivity contribution < 1.29 is 4.79 Å². The summed E-state index contributed by atoms with van der Waals surface area (Å²) in [6.07, 6.45) is 3.08. The van der Waals surface area contributed by atoms with Crippen LogP contribution in [0.25, 0.3) is 0 Å². The van der Waals surface area contributed by atoms with E-state index in [1.54, 1.807) is 0 Å². The molecule has 0 heterocycles. The molecule has 0 radical (unpaired) electrons. The molecule has 1 aliphatic carbocycles. The molecule has 1 unspecified atom stereocenters. The quantitative estimate of drug-likeness (QED) is 0.505. The Labute approximate surface area is 62.8 Å². The number of carbonyl (C=O) groups excluding carboxylic acids is 1. The van der Waals surface area contributed by atoms with Crippen molar-refractivity contribution in [3.05, 3.63) is 0 Å². The van der Waals surface area contributed by atoms with E-state index < -0.39 is 0 Å². The van der Waals surface area contributed by atoms with Gasteiger partial charge in [-0.15, -0.1) is 0 Å². The Hall–Kier alpha value is -0.330. The van der Waals surface area contributed by atoms with E-state index in [0.717, 1.165) is 12.8 Å². The van der Waals surface area contributed by atoms with Crippen molar-refractivity contribution >= 4 is 5.78 Å². The normalized spacial score (nSPS) is 32.3. The molecule has 0 amide bonds. The highest BCUT2D eigenvalue weighted by Gasteiger charge is 2.30. The van der Waals surface area contributed by atoms with Crippen molar-refractivity contribution in [2.45, 2.75) is 40.0 Å². The Balaban J connectivity index is 2.57. The first-order chi connectivity index (χ1) is 4.51. The van der Waals surface area contributed by atoms with Gasteiger partial charge in [0.05, 0.1) is 0 Å². The standard InChI is InChI=1S/C9H16O/c1-7-4-5-9(2,3)6-8(7)10/h7H,4-6H2,1-3H3. The largest absolute Gasteiger partial charge is 0.299 e. The zero-order valence-corrected chi connectivity index (χ0v) is 7.11. The van der Waals surface area contributed by atoms with E-state index in [2.05, 4.69) is 13.8 Å². The highest BCUT2D eigenvalue weighted by molar-refractivity contribution is 5.81. The lowest BCUT2D eigenvalue weighted by molar-refractivity contribution is -0.127. The number of hydrogen-bond acceptors (Lipinski definition) is 1. The molecule has 1 aliphatic rings. The lowest BCUT2D eigenvalue weighted by Crippen LogP contribution is -2.28. The van der Waals surface area contributed by atoms with Crippen LogP contribution in [0.4, 0.5) is 0 Å². The molecule has 1 saturated carbocycles. The SMILES string of the molecule is CC1CCC(C)(C)CC1=O. The minimum Gasteiger partial charge on any atom is -0.299 e. The second-order valence-electron chi connectivity index (χ2n) is 4.25. The fourth-order valence-electron chi connectivity index (χ4n) is 1.50. The average molecular weight is 140 g/mol. The van der Waals surface area contributed by atoms with E-state index in [1.165, 1.54) is 6.42 Å². The van der Waals surface area contributed by atoms with Crippen LogP contribution in [-0.4, -0.2) is 5.78 Å². The summed E-state index contributed by atoms with van der Waals surface area (Å²) in [5.41, 5.74) is 0.281. The summed E-state index contributed by atoms with van der Waals surface area (Å²) in [6.45, 7) is 6.39. The summed E-state index contributed by atoms with van der Waals surface area (Å²) >= 11 is 0. The molecule has 1 nitrogen and oxygen atoms in total. The maximum Gasteiger partial charge on any atom is 0.136 e. The van der Waals surface area contributed by atoms with Crippen molar-refractivity contribution in [1.82, 2.24) is 0 Å². The third-order valence-corrected chi connectivity index (χ3v) is 2.46. The number of Topliss-reactive ketones (excluding diaryl/α,β-unsaturated/α-hetero) is 1. The summed E-state index contributed by atoms with van der Waals surface area (Å²) < 4.78 is 0. The van der Waals surface area contributed by atoms with Crippen molar-refractivity contribution in [2.75, 3.05) is 0 Å². The minimum absolute atomic E-state index is 0.281. The van der Waals surface area contributed by atoms with Gasteiger partial charge in [-0.2, -0.15) is 0 Å². The van der Waals surface area contributed by atoms with Gasteiger partial charge in [-0.25, -0.2) is 0 Å². The van der Waals surface area contributed by atoms with Gasteiger partial charge in [0, 0.05) is 12.3 Å². The summed E-state index contributed by atoms with van der Waals surface area (Å²) in [6, 6.07) is 0. The molecular weight excluding hydrogens is 124 g/mol. The number of ketones is 1. The molecule has 0 aromatic heterocycles. The van der Waals surface area contributed by atoms with Crippen molar-refractivity contribution in [3.8, 4) is 0 Å². The second-order valence-corrected chi connectivity index (χ2v) is 4.25. The fourth-order valence-corrected chi connectivity index (χ4v) is 1.50. The van der Waals surface area contributed by atoms with Crippen LogP contribution in [0.15, 0.2) is 0 Å². The monoisotopic (exact) mass is 140 g/mol. The van der Waals surface area contributed by atoms with Crippen LogP contribution in [-0.2, 0) is 4.79 Å². The van der Waals surface area contributed by atoms with Gasteiger partial charge in [-0.3, -0.25) is 4.79 Å². The minimum atomic E-state index is 0.281. The second kappa shape index (κ2) is 2.37. The van der Waals surface area contributed by atoms with Crippen molar-refractivity contribution in [3.63, 3.8) is 0 Å². The van der Waals surface area contributed by atoms with E-state index >= 15 is 0 Å². The Morgan fingerprint density at radius 1 is 1.50 bits per heavy atom. The molecule has 0 saturated heterocycles. The smallest absolute Gasteiger partial charge is 0.136 e. The van der Waals surface area contributed by atoms with E-state index in [-0.39, 0.29) is 5.41 Å². The summed E-state index contributed by atoms with van der Waals surface area (Å²) in [5.74, 6) is 0.782. The molecule has 0 spiro atoms. The summed E-state index contributed by atoms with van der Waals surface area (Å²) in [4.78, 5) is 11.2. The summed E-state index contributed by atoms with van der Waals surface area (Å²) in [5, 5.41) is 0. The molecule has 58 valence electrons. The van der Waals surface area contributed by atoms with Gasteiger partial charge in [0.25, 0.3) is 0 Å². The lowest BCUT2D eigenvalue weighted by Gasteiger charge is -2.31. The maximum atomic E-state index is 11.2. The van der Waals surface area contributed by atoms with Crippen LogP contribution in [0.3, 0.4) is 0 Å². The Kier molecular flexibility index (Phi) is 1.84. The van der Waals surface area contributed by atoms with Crippen molar-refractivity contribution in [2.24, 2.45) is 11.3 Å². The van der Waals surface area contributed by atoms with Crippen LogP contribution >= 0.6 is 0 Å². The highest BCUT2D eigenvalue weighted by Crippen LogP contribution is 2.35. The number of hydrogen-bond donors (Lipinski definition) is 0. The van der Waals surface area contributed by atoms with E-state index in [1.807, 2.05) is 6.92 Å². The Morgan fingerprint density at radius 3 is 2.50 bits per heavy atom. The van der Waals surface area contributed by atoms with Crippen LogP contribution < -0.4 is 0 Å². The van der Waals surface area contributed by atoms with E-state index in [0.29, 0.717) is 11.7 Å². The summed E-state index contributed by atoms with van der Waals surface area (Å²) in [7, 11) is 0. The zero-order chi connectivity index (χ0) is 7.78. The Morgan fingerprint density at radius 2 is 2.10 bits per heavy atom. The van der Waals surface area contributed by atoms with Crippen LogP contribution in [0.2, 0.25) is 0 Å². The molecule has 0 N–H and O–H groups in total. The third-order valence-electron chi connectivity index (χ3n) is 2.46. The zero-order valence-electron chi connectivity index (χ0n) is 7.11. The topological polar surface area (TPSA) is 17.1 Å². The lowest BCUT2D eigenvalue weighted by atomic mass is 9.73. The molecule has 0 aliphatic heterocycles. The fraction of sp³-hybridized carbons (Fsp3) is 0.889. The molecule has 1 atom stereocenters. The predicted molar refractivity (Wildman–Crippen MR) is 41.8 cm³/mol. The molecule has 10 heavy (non-hydrogen) atoms. The van der Waals surface area contributed by atoms with Crippen LogP contribution in [0.5, 0.6) is 0 Å². The maximum absolute atomic E-state index is 11.2. The third kappa shape index (κ3) is 1.59. The van der Waals surface area contributed by atoms with Crippen LogP contribution in [0.1, 0.15) is 40.0 Å². The molecular formula is C9H16O. The van der Waals surface area contributed by atoms with E-state index in [4.69, 9.17) is 0 Å². The van der Waals surface area contributed by atoms with Gasteiger partial charge in [0.2, 0.25) is 0 Å².